The molecular weight excluding hydrogens is 377 g/mol. The van der Waals surface area contributed by atoms with E-state index in [2.05, 4.69) is 25.3 Å². The van der Waals surface area contributed by atoms with E-state index in [0.717, 1.165) is 69.0 Å². The largest absolute Gasteiger partial charge is 0.352 e. The number of nitrogens with one attached hydrogen (secondary N) is 1. The van der Waals surface area contributed by atoms with Gasteiger partial charge in [0.1, 0.15) is 12.1 Å². The van der Waals surface area contributed by atoms with Crippen molar-refractivity contribution in [2.24, 2.45) is 13.0 Å². The molecule has 2 aromatic rings. The van der Waals surface area contributed by atoms with Crippen LogP contribution in [0.4, 0.5) is 5.82 Å². The maximum Gasteiger partial charge on any atom is 0.227 e. The number of rotatable bonds is 2. The molecule has 0 saturated carbocycles. The molecule has 0 radical (unpaired) electrons. The maximum atomic E-state index is 12.6. The van der Waals surface area contributed by atoms with Gasteiger partial charge in [-0.15, -0.1) is 24.8 Å². The number of amides is 1. The van der Waals surface area contributed by atoms with Gasteiger partial charge in [0.15, 0.2) is 5.65 Å². The van der Waals surface area contributed by atoms with E-state index in [9.17, 15) is 4.79 Å². The van der Waals surface area contributed by atoms with Gasteiger partial charge in [0.2, 0.25) is 5.91 Å². The van der Waals surface area contributed by atoms with Crippen molar-refractivity contribution in [2.75, 3.05) is 44.2 Å². The highest BCUT2D eigenvalue weighted by Gasteiger charge is 2.29. The molecule has 4 heterocycles. The number of carbonyl (C=O) groups is 1. The Labute approximate surface area is 165 Å². The highest BCUT2D eigenvalue weighted by molar-refractivity contribution is 5.87. The second-order valence-corrected chi connectivity index (χ2v) is 6.56. The standard InChI is InChI=1S/C16H23N7O.2ClH/c1-21-14-13(10-20-21)15(19-11-18-14)22-5-7-23(8-6-22)16(24)12-3-2-4-17-9-12;;/h10-12,17H,2-9H2,1H3;2*1H. The summed E-state index contributed by atoms with van der Waals surface area (Å²) in [7, 11) is 1.88. The predicted molar refractivity (Wildman–Crippen MR) is 105 cm³/mol. The molecule has 4 rings (SSSR count). The average molecular weight is 402 g/mol. The summed E-state index contributed by atoms with van der Waals surface area (Å²) in [6, 6.07) is 0. The van der Waals surface area contributed by atoms with Crippen LogP contribution in [0.25, 0.3) is 11.0 Å². The number of piperazine rings is 1. The van der Waals surface area contributed by atoms with E-state index in [1.807, 2.05) is 18.1 Å². The first kappa shape index (κ1) is 20.7. The summed E-state index contributed by atoms with van der Waals surface area (Å²) in [5, 5.41) is 8.57. The highest BCUT2D eigenvalue weighted by Crippen LogP contribution is 2.24. The molecule has 2 aliphatic rings. The fourth-order valence-corrected chi connectivity index (χ4v) is 3.66. The number of carbonyl (C=O) groups excluding carboxylic acids is 1. The lowest BCUT2D eigenvalue weighted by atomic mass is 9.98. The number of halogens is 2. The van der Waals surface area contributed by atoms with Gasteiger partial charge in [0.25, 0.3) is 0 Å². The summed E-state index contributed by atoms with van der Waals surface area (Å²) in [6.45, 7) is 4.95. The normalized spacial score (nSPS) is 20.4. The lowest BCUT2D eigenvalue weighted by Crippen LogP contribution is -2.52. The van der Waals surface area contributed by atoms with Crippen molar-refractivity contribution in [1.29, 1.82) is 0 Å². The monoisotopic (exact) mass is 401 g/mol. The van der Waals surface area contributed by atoms with Gasteiger partial charge in [-0.1, -0.05) is 0 Å². The zero-order valence-corrected chi connectivity index (χ0v) is 16.4. The maximum absolute atomic E-state index is 12.6. The van der Waals surface area contributed by atoms with Crippen molar-refractivity contribution in [3.05, 3.63) is 12.5 Å². The third kappa shape index (κ3) is 3.87. The SMILES string of the molecule is Cl.Cl.Cn1ncc2c(N3CCN(C(=O)C4CCCNC4)CC3)ncnc21. The molecule has 1 amide bonds. The third-order valence-electron chi connectivity index (χ3n) is 5.05. The Balaban J connectivity index is 0.00000121. The number of hydrogen-bond donors (Lipinski definition) is 1. The van der Waals surface area contributed by atoms with Crippen molar-refractivity contribution < 1.29 is 4.79 Å². The Morgan fingerprint density at radius 2 is 1.96 bits per heavy atom. The van der Waals surface area contributed by atoms with Gasteiger partial charge in [0, 0.05) is 39.8 Å². The molecule has 8 nitrogen and oxygen atoms in total. The molecule has 0 bridgehead atoms. The minimum Gasteiger partial charge on any atom is -0.352 e. The fourth-order valence-electron chi connectivity index (χ4n) is 3.66. The van der Waals surface area contributed by atoms with Crippen LogP contribution < -0.4 is 10.2 Å². The van der Waals surface area contributed by atoms with Gasteiger partial charge < -0.3 is 15.1 Å². The average Bonchev–Trinajstić information content (AvgIpc) is 3.03. The zero-order valence-electron chi connectivity index (χ0n) is 14.8. The summed E-state index contributed by atoms with van der Waals surface area (Å²) < 4.78 is 1.76. The van der Waals surface area contributed by atoms with Crippen LogP contribution in [-0.2, 0) is 11.8 Å². The van der Waals surface area contributed by atoms with Gasteiger partial charge in [-0.25, -0.2) is 9.97 Å². The number of anilines is 1. The molecular formula is C16H25Cl2N7O. The van der Waals surface area contributed by atoms with Crippen LogP contribution in [0.1, 0.15) is 12.8 Å². The van der Waals surface area contributed by atoms with Gasteiger partial charge in [-0.05, 0) is 19.4 Å². The van der Waals surface area contributed by atoms with Gasteiger partial charge in [-0.2, -0.15) is 5.10 Å². The first-order chi connectivity index (χ1) is 11.7. The van der Waals surface area contributed by atoms with E-state index in [-0.39, 0.29) is 30.7 Å². The third-order valence-corrected chi connectivity index (χ3v) is 5.05. The van der Waals surface area contributed by atoms with Crippen molar-refractivity contribution in [1.82, 2.24) is 30.0 Å². The van der Waals surface area contributed by atoms with Crippen molar-refractivity contribution in [2.45, 2.75) is 12.8 Å². The zero-order chi connectivity index (χ0) is 16.5. The summed E-state index contributed by atoms with van der Waals surface area (Å²) in [4.78, 5) is 25.6. The van der Waals surface area contributed by atoms with E-state index in [1.54, 1.807) is 11.0 Å². The van der Waals surface area contributed by atoms with Gasteiger partial charge >= 0.3 is 0 Å². The van der Waals surface area contributed by atoms with Crippen molar-refractivity contribution in [3.8, 4) is 0 Å². The second-order valence-electron chi connectivity index (χ2n) is 6.56. The molecule has 0 spiro atoms. The first-order valence-corrected chi connectivity index (χ1v) is 8.61. The molecule has 2 aliphatic heterocycles. The summed E-state index contributed by atoms with van der Waals surface area (Å²) in [5.41, 5.74) is 0.840. The quantitative estimate of drug-likeness (QED) is 0.803. The number of fused-ring (bicyclic) bond motifs is 1. The minimum atomic E-state index is 0. The number of nitrogens with zero attached hydrogens (tertiary/aromatic N) is 6. The van der Waals surface area contributed by atoms with E-state index in [1.165, 1.54) is 0 Å². The molecule has 1 N–H and O–H groups in total. The van der Waals surface area contributed by atoms with E-state index < -0.39 is 0 Å². The smallest absolute Gasteiger partial charge is 0.227 e. The van der Waals surface area contributed by atoms with Gasteiger partial charge in [-0.3, -0.25) is 9.48 Å². The van der Waals surface area contributed by atoms with Crippen LogP contribution in [0.5, 0.6) is 0 Å². The molecule has 0 aliphatic carbocycles. The lowest BCUT2D eigenvalue weighted by Gasteiger charge is -2.37. The first-order valence-electron chi connectivity index (χ1n) is 8.61. The Morgan fingerprint density at radius 1 is 1.19 bits per heavy atom. The highest BCUT2D eigenvalue weighted by atomic mass is 35.5. The molecule has 2 fully saturated rings. The number of hydrogen-bond acceptors (Lipinski definition) is 6. The molecule has 144 valence electrons. The van der Waals surface area contributed by atoms with Crippen LogP contribution >= 0.6 is 24.8 Å². The fraction of sp³-hybridized carbons (Fsp3) is 0.625. The minimum absolute atomic E-state index is 0. The summed E-state index contributed by atoms with van der Waals surface area (Å²) >= 11 is 0. The predicted octanol–water partition coefficient (Wildman–Crippen LogP) is 0.855. The Morgan fingerprint density at radius 3 is 2.65 bits per heavy atom. The van der Waals surface area contributed by atoms with E-state index in [0.29, 0.717) is 5.91 Å². The lowest BCUT2D eigenvalue weighted by molar-refractivity contribution is -0.136. The Hall–Kier alpha value is -1.64. The molecule has 10 heteroatoms. The molecule has 0 aromatic carbocycles. The van der Waals surface area contributed by atoms with E-state index >= 15 is 0 Å². The molecule has 1 unspecified atom stereocenters. The van der Waals surface area contributed by atoms with Crippen LogP contribution in [0.3, 0.4) is 0 Å². The van der Waals surface area contributed by atoms with Crippen molar-refractivity contribution in [3.63, 3.8) is 0 Å². The van der Waals surface area contributed by atoms with Gasteiger partial charge in [0.05, 0.1) is 17.5 Å². The number of piperidine rings is 1. The molecule has 2 aromatic heterocycles. The van der Waals surface area contributed by atoms with Crippen LogP contribution in [-0.4, -0.2) is 69.8 Å². The number of aryl methyl sites for hydroxylation is 1. The van der Waals surface area contributed by atoms with E-state index in [4.69, 9.17) is 0 Å². The van der Waals surface area contributed by atoms with Crippen LogP contribution in [0.2, 0.25) is 0 Å². The van der Waals surface area contributed by atoms with Crippen molar-refractivity contribution >= 4 is 47.6 Å². The Kier molecular flexibility index (Phi) is 7.02. The van der Waals surface area contributed by atoms with Crippen LogP contribution in [0.15, 0.2) is 12.5 Å². The molecule has 2 saturated heterocycles. The molecule has 26 heavy (non-hydrogen) atoms. The van der Waals surface area contributed by atoms with Crippen LogP contribution in [0, 0.1) is 5.92 Å². The summed E-state index contributed by atoms with van der Waals surface area (Å²) in [5.74, 6) is 1.37. The topological polar surface area (TPSA) is 79.2 Å². The Bertz CT molecular complexity index is 739. The number of aromatic nitrogens is 4. The second kappa shape index (κ2) is 8.83. The molecule has 1 atom stereocenters. The summed E-state index contributed by atoms with van der Waals surface area (Å²) in [6.07, 6.45) is 5.50.